The maximum Gasteiger partial charge on any atom is 0.127 e. The molecule has 4 radical (unpaired) electrons. The molecule has 16 aliphatic carbocycles. The first-order valence-electron chi connectivity index (χ1n) is 38.4. The second kappa shape index (κ2) is 29.3. The van der Waals surface area contributed by atoms with Crippen molar-refractivity contribution in [3.63, 3.8) is 0 Å². The van der Waals surface area contributed by atoms with Crippen molar-refractivity contribution in [3.05, 3.63) is 169 Å². The van der Waals surface area contributed by atoms with E-state index in [0.29, 0.717) is 18.0 Å². The Labute approximate surface area is 657 Å². The Morgan fingerprint density at radius 3 is 1.06 bits per heavy atom. The van der Waals surface area contributed by atoms with Crippen molar-refractivity contribution in [1.82, 2.24) is 59.1 Å². The maximum atomic E-state index is 4.75. The number of rotatable bonds is 9. The normalized spacial score (nSPS) is 32.3. The SMILES string of the molecule is CC(C)c1nnc(-c2[c-]cc3ccccc3c2)n1C12CC3CC(CC(C3)C1)C2.Cc1nnc(-c2[c-]cc3ccccc3c2)n1C1C2CC3CC(C2)CC1C3.Cc1nnc(-c2[c-]cccc2)n1C12CC3CC(CC(C3)C1)C2.Cc1nnc(-c2[c-]cccc2)n1C1C2CC3CC(C2)CC1C3.[Ir].[Ir].[Ir].[Ir]. The molecule has 26 rings (SSSR count). The molecule has 102 heavy (non-hydrogen) atoms. The zero-order valence-electron chi connectivity index (χ0n) is 59.6. The molecule has 4 heterocycles. The van der Waals surface area contributed by atoms with Crippen molar-refractivity contribution in [2.75, 3.05) is 0 Å². The molecule has 16 fully saturated rings. The zero-order valence-corrected chi connectivity index (χ0v) is 69.2. The van der Waals surface area contributed by atoms with Gasteiger partial charge in [0.1, 0.15) is 23.3 Å². The van der Waals surface area contributed by atoms with Crippen molar-refractivity contribution in [3.8, 4) is 45.6 Å². The first-order chi connectivity index (χ1) is 47.9. The summed E-state index contributed by atoms with van der Waals surface area (Å²) in [5.74, 6) is 21.7. The molecule has 16 saturated carbocycles. The maximum absolute atomic E-state index is 4.75. The van der Waals surface area contributed by atoms with E-state index in [9.17, 15) is 0 Å². The van der Waals surface area contributed by atoms with Crippen LogP contribution in [0, 0.1) is 128 Å². The molecule has 0 amide bonds. The van der Waals surface area contributed by atoms with Gasteiger partial charge in [-0.3, -0.25) is 0 Å². The molecule has 0 atom stereocenters. The Morgan fingerprint density at radius 1 is 0.333 bits per heavy atom. The van der Waals surface area contributed by atoms with E-state index in [-0.39, 0.29) is 91.5 Å². The predicted octanol–water partition coefficient (Wildman–Crippen LogP) is 19.2. The molecule has 0 N–H and O–H groups in total. The van der Waals surface area contributed by atoms with E-state index >= 15 is 0 Å². The van der Waals surface area contributed by atoms with Crippen molar-refractivity contribution in [1.29, 1.82) is 0 Å². The summed E-state index contributed by atoms with van der Waals surface area (Å²) < 4.78 is 10.0. The van der Waals surface area contributed by atoms with Gasteiger partial charge in [-0.1, -0.05) is 73.2 Å². The molecule has 0 spiro atoms. The van der Waals surface area contributed by atoms with E-state index in [1.165, 1.54) is 169 Å². The van der Waals surface area contributed by atoms with E-state index in [4.69, 9.17) is 10.2 Å². The van der Waals surface area contributed by atoms with E-state index < -0.39 is 0 Å². The number of aromatic nitrogens is 12. The van der Waals surface area contributed by atoms with Crippen molar-refractivity contribution < 1.29 is 80.4 Å². The van der Waals surface area contributed by atoms with Crippen LogP contribution in [0.2, 0.25) is 0 Å². The van der Waals surface area contributed by atoms with Gasteiger partial charge in [0.25, 0.3) is 0 Å². The molecule has 4 aromatic heterocycles. The van der Waals surface area contributed by atoms with Crippen LogP contribution < -0.4 is 0 Å². The molecule has 0 unspecified atom stereocenters. The van der Waals surface area contributed by atoms with Crippen LogP contribution in [0.1, 0.15) is 196 Å². The number of benzene rings is 6. The van der Waals surface area contributed by atoms with Gasteiger partial charge in [0, 0.05) is 110 Å². The molecule has 540 valence electrons. The number of fused-ring (bicyclic) bond motifs is 2. The number of hydrogen-bond donors (Lipinski definition) is 0. The van der Waals surface area contributed by atoms with Crippen LogP contribution in [0.5, 0.6) is 0 Å². The largest absolute Gasteiger partial charge is 0.348 e. The monoisotopic (exact) mass is 2070 g/mol. The third-order valence-electron chi connectivity index (χ3n) is 27.4. The third-order valence-corrected chi connectivity index (χ3v) is 27.4. The Kier molecular flexibility index (Phi) is 20.8. The minimum atomic E-state index is 0. The standard InChI is InChI=1S/C25H28N3.C23H24N3.2C19H22N3.4Ir/c1-16(2)23-26-27-24(22-8-7-20-5-3-4-6-21(20)12-22)28(23)25-13-17-9-18(14-25)11-19(10-17)15-25;1-14-24-25-23(19-7-6-17-4-2-3-5-18(17)13-19)26(14)22-20-9-15-8-16(11-20)12-21(22)10-15;1-13-20-21-18(17-5-3-2-4-6-17)22(13)19-10-14-7-15(11-19)9-16(8-14)12-19;1-12-20-21-19(15-5-3-2-4-6-15)22(12)18-16-8-13-7-14(10-16)11-17(18)9-13;;;;/h3-7,12,16-19H,9-11,13-15H2,1-2H3;2-6,13,15-16,20-22H,8-12H2,1H3;2-5,14-16H,7-12H2,1H3;2-5,13-14,16-18H,7-11H2,1H3;;;;/q4*-1;;;;. The fourth-order valence-electron chi connectivity index (χ4n) is 25.1. The fraction of sp³-hybridized carbons (Fsp3) is 0.535. The van der Waals surface area contributed by atoms with Gasteiger partial charge in [0.15, 0.2) is 0 Å². The quantitative estimate of drug-likeness (QED) is 0.131. The summed E-state index contributed by atoms with van der Waals surface area (Å²) in [5.41, 5.74) is 4.84. The minimum Gasteiger partial charge on any atom is -0.348 e. The molecule has 16 heteroatoms. The summed E-state index contributed by atoms with van der Waals surface area (Å²) in [5, 5.41) is 41.4. The third kappa shape index (κ3) is 13.1. The van der Waals surface area contributed by atoms with E-state index in [0.717, 1.165) is 146 Å². The van der Waals surface area contributed by atoms with Gasteiger partial charge in [-0.15, -0.1) is 150 Å². The van der Waals surface area contributed by atoms with Crippen molar-refractivity contribution in [2.45, 2.75) is 205 Å². The Balaban J connectivity index is 0.000000109. The Morgan fingerprint density at radius 2 is 0.657 bits per heavy atom. The van der Waals surface area contributed by atoms with Gasteiger partial charge in [-0.2, -0.15) is 20.4 Å². The zero-order chi connectivity index (χ0) is 65.5. The molecule has 10 aromatic rings. The van der Waals surface area contributed by atoms with E-state index in [1.807, 2.05) is 24.3 Å². The average Bonchev–Trinajstić information content (AvgIpc) is 1.42. The summed E-state index contributed by atoms with van der Waals surface area (Å²) in [7, 11) is 0. The van der Waals surface area contributed by atoms with Crippen molar-refractivity contribution >= 4 is 21.5 Å². The van der Waals surface area contributed by atoms with Gasteiger partial charge in [0.05, 0.1) is 23.3 Å². The summed E-state index contributed by atoms with van der Waals surface area (Å²) >= 11 is 0. The van der Waals surface area contributed by atoms with E-state index in [1.54, 1.807) is 0 Å². The number of aryl methyl sites for hydroxylation is 3. The minimum absolute atomic E-state index is 0. The second-order valence-electron chi connectivity index (χ2n) is 34.3. The Bertz CT molecular complexity index is 4460. The fourth-order valence-corrected chi connectivity index (χ4v) is 25.1. The van der Waals surface area contributed by atoms with Crippen LogP contribution in [0.25, 0.3) is 67.1 Å². The first kappa shape index (κ1) is 72.6. The van der Waals surface area contributed by atoms with Crippen LogP contribution in [0.15, 0.2) is 121 Å². The van der Waals surface area contributed by atoms with Crippen LogP contribution in [0.4, 0.5) is 0 Å². The summed E-state index contributed by atoms with van der Waals surface area (Å²) in [6, 6.07) is 56.9. The summed E-state index contributed by atoms with van der Waals surface area (Å²) in [6.07, 6.45) is 31.0. The van der Waals surface area contributed by atoms with Crippen molar-refractivity contribution in [2.24, 2.45) is 82.9 Å². The molecule has 6 aromatic carbocycles. The molecule has 16 aliphatic rings. The molecular weight excluding hydrogens is 1970 g/mol. The van der Waals surface area contributed by atoms with E-state index in [2.05, 4.69) is 205 Å². The first-order valence-corrected chi connectivity index (χ1v) is 38.4. The Hall–Kier alpha value is -5.00. The molecular formula is C86H96Ir4N12-4. The van der Waals surface area contributed by atoms with Crippen LogP contribution in [-0.2, 0) is 91.5 Å². The molecule has 0 saturated heterocycles. The summed E-state index contributed by atoms with van der Waals surface area (Å²) in [6.45, 7) is 10.9. The van der Waals surface area contributed by atoms with Gasteiger partial charge >= 0.3 is 0 Å². The van der Waals surface area contributed by atoms with Gasteiger partial charge in [0.2, 0.25) is 0 Å². The molecule has 16 bridgehead atoms. The summed E-state index contributed by atoms with van der Waals surface area (Å²) in [4.78, 5) is 0. The van der Waals surface area contributed by atoms with Gasteiger partial charge in [-0.05, 0) is 245 Å². The van der Waals surface area contributed by atoms with Crippen LogP contribution in [0.3, 0.4) is 0 Å². The smallest absolute Gasteiger partial charge is 0.127 e. The van der Waals surface area contributed by atoms with Crippen LogP contribution >= 0.6 is 0 Å². The molecule has 12 nitrogen and oxygen atoms in total. The van der Waals surface area contributed by atoms with Gasteiger partial charge < -0.3 is 18.3 Å². The number of hydrogen-bond acceptors (Lipinski definition) is 8. The second-order valence-corrected chi connectivity index (χ2v) is 34.3. The topological polar surface area (TPSA) is 123 Å². The average molecular weight is 2070 g/mol. The predicted molar refractivity (Wildman–Crippen MR) is 385 cm³/mol. The molecule has 0 aliphatic heterocycles. The number of nitrogens with zero attached hydrogens (tertiary/aromatic N) is 12. The van der Waals surface area contributed by atoms with Gasteiger partial charge in [-0.25, -0.2) is 0 Å². The van der Waals surface area contributed by atoms with Crippen LogP contribution in [-0.4, -0.2) is 59.1 Å².